The zero-order valence-corrected chi connectivity index (χ0v) is 14.3. The third-order valence-corrected chi connectivity index (χ3v) is 5.93. The Labute approximate surface area is 145 Å². The van der Waals surface area contributed by atoms with Crippen LogP contribution in [0, 0.1) is 5.92 Å². The van der Waals surface area contributed by atoms with Gasteiger partial charge in [-0.15, -0.1) is 11.3 Å². The second kappa shape index (κ2) is 6.89. The number of esters is 1. The van der Waals surface area contributed by atoms with E-state index >= 15 is 0 Å². The Hall–Kier alpha value is -1.95. The first kappa shape index (κ1) is 15.6. The summed E-state index contributed by atoms with van der Waals surface area (Å²) in [5.41, 5.74) is 0. The van der Waals surface area contributed by atoms with Gasteiger partial charge in [-0.05, 0) is 42.7 Å². The van der Waals surface area contributed by atoms with E-state index in [-0.39, 0.29) is 12.0 Å². The maximum absolute atomic E-state index is 12.8. The number of anilines is 1. The molecule has 1 aliphatic heterocycles. The van der Waals surface area contributed by atoms with E-state index in [9.17, 15) is 4.79 Å². The van der Waals surface area contributed by atoms with Gasteiger partial charge in [-0.25, -0.2) is 14.8 Å². The molecule has 0 radical (unpaired) electrons. The molecule has 2 fully saturated rings. The molecule has 24 heavy (non-hydrogen) atoms. The Kier molecular flexibility index (Phi) is 4.47. The Morgan fingerprint density at radius 2 is 2.08 bits per heavy atom. The number of hydrogen-bond acceptors (Lipinski definition) is 6. The fraction of sp³-hybridized carbons (Fsp3) is 0.500. The summed E-state index contributed by atoms with van der Waals surface area (Å²) in [6, 6.07) is 5.87. The molecule has 0 aromatic carbocycles. The van der Waals surface area contributed by atoms with Crippen molar-refractivity contribution in [2.45, 2.75) is 50.8 Å². The van der Waals surface area contributed by atoms with Gasteiger partial charge < -0.3 is 9.64 Å². The number of nitrogens with zero attached hydrogens (tertiary/aromatic N) is 3. The molecule has 1 aliphatic carbocycles. The molecular weight excluding hydrogens is 322 g/mol. The maximum atomic E-state index is 12.8. The third-order valence-electron chi connectivity index (χ3n) is 5.08. The van der Waals surface area contributed by atoms with Crippen molar-refractivity contribution >= 4 is 23.3 Å². The molecule has 0 N–H and O–H groups in total. The van der Waals surface area contributed by atoms with Crippen LogP contribution in [0.1, 0.15) is 37.0 Å². The Balaban J connectivity index is 1.54. The first-order valence-corrected chi connectivity index (χ1v) is 9.45. The van der Waals surface area contributed by atoms with Crippen molar-refractivity contribution in [3.8, 4) is 0 Å². The quantitative estimate of drug-likeness (QED) is 0.796. The van der Waals surface area contributed by atoms with E-state index < -0.39 is 0 Å². The molecule has 2 aromatic rings. The van der Waals surface area contributed by atoms with Gasteiger partial charge in [-0.2, -0.15) is 0 Å². The number of thiophene rings is 1. The van der Waals surface area contributed by atoms with Gasteiger partial charge in [0, 0.05) is 23.3 Å². The van der Waals surface area contributed by atoms with Crippen LogP contribution in [0.4, 0.5) is 5.95 Å². The van der Waals surface area contributed by atoms with Crippen LogP contribution in [0.5, 0.6) is 0 Å². The first-order chi connectivity index (χ1) is 11.8. The van der Waals surface area contributed by atoms with Crippen molar-refractivity contribution in [2.75, 3.05) is 4.90 Å². The average molecular weight is 343 g/mol. The molecule has 3 heterocycles. The fourth-order valence-electron chi connectivity index (χ4n) is 4.02. The Morgan fingerprint density at radius 1 is 1.25 bits per heavy atom. The van der Waals surface area contributed by atoms with Crippen LogP contribution in [0.3, 0.4) is 0 Å². The minimum atomic E-state index is -0.263. The van der Waals surface area contributed by atoms with E-state index in [1.54, 1.807) is 23.7 Å². The van der Waals surface area contributed by atoms with Crippen molar-refractivity contribution in [1.29, 1.82) is 0 Å². The molecule has 126 valence electrons. The van der Waals surface area contributed by atoms with E-state index in [1.165, 1.54) is 19.3 Å². The first-order valence-electron chi connectivity index (χ1n) is 8.57. The monoisotopic (exact) mass is 343 g/mol. The molecule has 1 saturated carbocycles. The number of carbonyl (C=O) groups excluding carboxylic acids is 1. The lowest BCUT2D eigenvalue weighted by Gasteiger charge is -2.33. The highest BCUT2D eigenvalue weighted by Crippen LogP contribution is 2.41. The fourth-order valence-corrected chi connectivity index (χ4v) is 4.63. The smallest absolute Gasteiger partial charge is 0.329 e. The molecule has 1 saturated heterocycles. The minimum absolute atomic E-state index is 0.148. The van der Waals surface area contributed by atoms with Gasteiger partial charge in [0.25, 0.3) is 0 Å². The van der Waals surface area contributed by atoms with Crippen LogP contribution in [0.25, 0.3) is 0 Å². The lowest BCUT2D eigenvalue weighted by molar-refractivity contribution is -0.146. The summed E-state index contributed by atoms with van der Waals surface area (Å²) in [4.78, 5) is 24.8. The van der Waals surface area contributed by atoms with Crippen LogP contribution in [0.2, 0.25) is 0 Å². The highest BCUT2D eigenvalue weighted by molar-refractivity contribution is 7.09. The van der Waals surface area contributed by atoms with Crippen molar-refractivity contribution < 1.29 is 9.53 Å². The van der Waals surface area contributed by atoms with Crippen molar-refractivity contribution in [1.82, 2.24) is 9.97 Å². The number of fused-ring (bicyclic) bond motifs is 1. The highest BCUT2D eigenvalue weighted by Gasteiger charge is 2.47. The van der Waals surface area contributed by atoms with Gasteiger partial charge in [0.05, 0.1) is 0 Å². The van der Waals surface area contributed by atoms with Gasteiger partial charge in [-0.3, -0.25) is 0 Å². The van der Waals surface area contributed by atoms with Gasteiger partial charge in [0.15, 0.2) is 0 Å². The minimum Gasteiger partial charge on any atom is -0.458 e. The second-order valence-electron chi connectivity index (χ2n) is 6.51. The number of hydrogen-bond donors (Lipinski definition) is 0. The van der Waals surface area contributed by atoms with Gasteiger partial charge in [-0.1, -0.05) is 18.9 Å². The highest BCUT2D eigenvalue weighted by atomic mass is 32.1. The molecule has 4 rings (SSSR count). The lowest BCUT2D eigenvalue weighted by atomic mass is 9.85. The van der Waals surface area contributed by atoms with Crippen LogP contribution in [-0.2, 0) is 16.1 Å². The third kappa shape index (κ3) is 3.02. The normalized spacial score (nSPS) is 26.2. The topological polar surface area (TPSA) is 55.3 Å². The Bertz CT molecular complexity index is 677. The van der Waals surface area contributed by atoms with Crippen LogP contribution in [0.15, 0.2) is 36.0 Å². The predicted octanol–water partition coefficient (Wildman–Crippen LogP) is 3.42. The summed E-state index contributed by atoms with van der Waals surface area (Å²) in [6.45, 7) is 0.353. The molecule has 0 bridgehead atoms. The summed E-state index contributed by atoms with van der Waals surface area (Å²) in [5.74, 6) is 1.05. The summed E-state index contributed by atoms with van der Waals surface area (Å²) in [6.07, 6.45) is 9.09. The van der Waals surface area contributed by atoms with Crippen LogP contribution >= 0.6 is 11.3 Å². The van der Waals surface area contributed by atoms with Gasteiger partial charge in [0.2, 0.25) is 5.95 Å². The molecule has 0 amide bonds. The molecule has 5 nitrogen and oxygen atoms in total. The van der Waals surface area contributed by atoms with E-state index in [0.717, 1.165) is 17.7 Å². The molecule has 6 heteroatoms. The van der Waals surface area contributed by atoms with Gasteiger partial charge in [0.1, 0.15) is 12.6 Å². The Morgan fingerprint density at radius 3 is 2.88 bits per heavy atom. The summed E-state index contributed by atoms with van der Waals surface area (Å²) >= 11 is 1.61. The molecule has 3 atom stereocenters. The number of rotatable bonds is 4. The van der Waals surface area contributed by atoms with Crippen molar-refractivity contribution in [3.05, 3.63) is 40.8 Å². The molecule has 0 unspecified atom stereocenters. The molecule has 0 spiro atoms. The summed E-state index contributed by atoms with van der Waals surface area (Å²) in [5, 5.41) is 2.00. The average Bonchev–Trinajstić information content (AvgIpc) is 3.28. The van der Waals surface area contributed by atoms with Crippen LogP contribution in [-0.4, -0.2) is 28.0 Å². The van der Waals surface area contributed by atoms with E-state index in [0.29, 0.717) is 24.5 Å². The zero-order chi connectivity index (χ0) is 16.4. The number of aromatic nitrogens is 2. The van der Waals surface area contributed by atoms with E-state index in [4.69, 9.17) is 4.74 Å². The molecule has 2 aliphatic rings. The van der Waals surface area contributed by atoms with Crippen molar-refractivity contribution in [3.63, 3.8) is 0 Å². The largest absolute Gasteiger partial charge is 0.458 e. The summed E-state index contributed by atoms with van der Waals surface area (Å²) < 4.78 is 5.60. The lowest BCUT2D eigenvalue weighted by Crippen LogP contribution is -2.44. The number of carbonyl (C=O) groups is 1. The van der Waals surface area contributed by atoms with Gasteiger partial charge >= 0.3 is 5.97 Å². The van der Waals surface area contributed by atoms with E-state index in [1.807, 2.05) is 23.6 Å². The second-order valence-corrected chi connectivity index (χ2v) is 7.54. The summed E-state index contributed by atoms with van der Waals surface area (Å²) in [7, 11) is 0. The molecular formula is C18H21N3O2S. The maximum Gasteiger partial charge on any atom is 0.329 e. The van der Waals surface area contributed by atoms with Crippen LogP contribution < -0.4 is 4.90 Å². The standard InChI is InChI=1S/C18H21N3O2S/c22-17(23-12-14-6-3-10-24-14)16-11-13-5-1-2-7-15(13)21(16)18-19-8-4-9-20-18/h3-4,6,8-10,13,15-16H,1-2,5,7,11-12H2/t13-,15-,16-/m0/s1. The molecule has 2 aromatic heterocycles. The van der Waals surface area contributed by atoms with Crippen molar-refractivity contribution in [2.24, 2.45) is 5.92 Å². The zero-order valence-electron chi connectivity index (χ0n) is 13.5. The SMILES string of the molecule is O=C(OCc1cccs1)[C@@H]1C[C@@H]2CCCC[C@@H]2N1c1ncccn1. The number of ether oxygens (including phenoxy) is 1. The predicted molar refractivity (Wildman–Crippen MR) is 92.8 cm³/mol. The van der Waals surface area contributed by atoms with E-state index in [2.05, 4.69) is 14.9 Å².